The number of nitrogens with one attached hydrogen (secondary N) is 1. The van der Waals surface area contributed by atoms with Crippen LogP contribution in [0.3, 0.4) is 0 Å². The molecule has 144 valence electrons. The van der Waals surface area contributed by atoms with Gasteiger partial charge in [0, 0.05) is 21.8 Å². The Balaban J connectivity index is 1.56. The molecule has 0 radical (unpaired) electrons. The third-order valence-electron chi connectivity index (χ3n) is 3.95. The van der Waals surface area contributed by atoms with E-state index in [4.69, 9.17) is 21.1 Å². The van der Waals surface area contributed by atoms with E-state index in [1.54, 1.807) is 24.3 Å². The number of anilines is 1. The van der Waals surface area contributed by atoms with Crippen LogP contribution in [-0.4, -0.2) is 12.0 Å². The highest BCUT2D eigenvalue weighted by Crippen LogP contribution is 2.20. The quantitative estimate of drug-likeness (QED) is 0.537. The molecule has 1 N–H and O–H groups in total. The molecule has 0 fully saturated rings. The van der Waals surface area contributed by atoms with Crippen LogP contribution >= 0.6 is 11.6 Å². The van der Waals surface area contributed by atoms with Crippen molar-refractivity contribution in [2.75, 3.05) is 5.32 Å². The minimum atomic E-state index is -0.185. The Kier molecular flexibility index (Phi) is 6.56. The molecule has 28 heavy (non-hydrogen) atoms. The molecule has 3 aromatic rings. The summed E-state index contributed by atoms with van der Waals surface area (Å²) in [6.45, 7) is 4.31. The topological polar surface area (TPSA) is 47.6 Å². The van der Waals surface area contributed by atoms with Gasteiger partial charge in [-0.05, 0) is 68.4 Å². The summed E-state index contributed by atoms with van der Waals surface area (Å²) < 4.78 is 11.3. The first-order chi connectivity index (χ1) is 13.5. The monoisotopic (exact) mass is 395 g/mol. The van der Waals surface area contributed by atoms with E-state index in [0.717, 1.165) is 11.3 Å². The lowest BCUT2D eigenvalue weighted by atomic mass is 10.2. The lowest BCUT2D eigenvalue weighted by Crippen LogP contribution is -2.12. The van der Waals surface area contributed by atoms with Crippen LogP contribution in [0.15, 0.2) is 72.8 Å². The maximum Gasteiger partial charge on any atom is 0.255 e. The fraction of sp³-hybridized carbons (Fsp3) is 0.174. The van der Waals surface area contributed by atoms with Crippen molar-refractivity contribution >= 4 is 23.2 Å². The lowest BCUT2D eigenvalue weighted by Gasteiger charge is -2.11. The van der Waals surface area contributed by atoms with Crippen LogP contribution in [0.25, 0.3) is 0 Å². The molecule has 0 saturated heterocycles. The van der Waals surface area contributed by atoms with Gasteiger partial charge in [-0.15, -0.1) is 0 Å². The van der Waals surface area contributed by atoms with Crippen molar-refractivity contribution in [3.63, 3.8) is 0 Å². The van der Waals surface area contributed by atoms with Crippen molar-refractivity contribution in [3.8, 4) is 11.5 Å². The summed E-state index contributed by atoms with van der Waals surface area (Å²) in [7, 11) is 0. The largest absolute Gasteiger partial charge is 0.491 e. The lowest BCUT2D eigenvalue weighted by molar-refractivity contribution is 0.102. The highest BCUT2D eigenvalue weighted by Gasteiger charge is 2.07. The molecule has 0 aliphatic heterocycles. The van der Waals surface area contributed by atoms with Crippen molar-refractivity contribution < 1.29 is 14.3 Å². The predicted octanol–water partition coefficient (Wildman–Crippen LogP) is 5.96. The molecule has 3 rings (SSSR count). The van der Waals surface area contributed by atoms with Crippen molar-refractivity contribution in [2.24, 2.45) is 0 Å². The van der Waals surface area contributed by atoms with E-state index < -0.39 is 0 Å². The Hall–Kier alpha value is -2.98. The minimum absolute atomic E-state index is 0.110. The SMILES string of the molecule is CC(C)Oc1ccc(NC(=O)c2ccc(OCc3ccccc3Cl)cc2)cc1. The number of hydrogen-bond acceptors (Lipinski definition) is 3. The van der Waals surface area contributed by atoms with E-state index in [1.165, 1.54) is 0 Å². The van der Waals surface area contributed by atoms with Crippen LogP contribution in [0.1, 0.15) is 29.8 Å². The molecule has 0 aromatic heterocycles. The number of amides is 1. The summed E-state index contributed by atoms with van der Waals surface area (Å²) in [5.74, 6) is 1.26. The fourth-order valence-electron chi connectivity index (χ4n) is 2.57. The van der Waals surface area contributed by atoms with Crippen LogP contribution < -0.4 is 14.8 Å². The molecule has 0 spiro atoms. The highest BCUT2D eigenvalue weighted by atomic mass is 35.5. The Labute approximate surface area is 170 Å². The number of hydrogen-bond donors (Lipinski definition) is 1. The molecule has 3 aromatic carbocycles. The molecular formula is C23H22ClNO3. The third-order valence-corrected chi connectivity index (χ3v) is 4.32. The number of benzene rings is 3. The number of carbonyl (C=O) groups is 1. The van der Waals surface area contributed by atoms with E-state index in [-0.39, 0.29) is 12.0 Å². The molecule has 1 amide bonds. The zero-order valence-electron chi connectivity index (χ0n) is 15.8. The molecule has 0 aliphatic carbocycles. The van der Waals surface area contributed by atoms with Gasteiger partial charge < -0.3 is 14.8 Å². The van der Waals surface area contributed by atoms with Crippen LogP contribution in [0.5, 0.6) is 11.5 Å². The van der Waals surface area contributed by atoms with Crippen molar-refractivity contribution in [3.05, 3.63) is 88.9 Å². The molecule has 0 aliphatic rings. The maximum absolute atomic E-state index is 12.4. The van der Waals surface area contributed by atoms with E-state index in [1.807, 2.05) is 62.4 Å². The van der Waals surface area contributed by atoms with Crippen molar-refractivity contribution in [1.29, 1.82) is 0 Å². The molecule has 0 bridgehead atoms. The summed E-state index contributed by atoms with van der Waals surface area (Å²) in [5.41, 5.74) is 2.17. The Morgan fingerprint density at radius 3 is 2.21 bits per heavy atom. The predicted molar refractivity (Wildman–Crippen MR) is 112 cm³/mol. The van der Waals surface area contributed by atoms with Crippen LogP contribution in [-0.2, 0) is 6.61 Å². The Morgan fingerprint density at radius 1 is 0.929 bits per heavy atom. The zero-order chi connectivity index (χ0) is 19.9. The molecule has 5 heteroatoms. The van der Waals surface area contributed by atoms with Gasteiger partial charge in [-0.25, -0.2) is 0 Å². The molecule has 0 atom stereocenters. The first-order valence-electron chi connectivity index (χ1n) is 9.05. The van der Waals surface area contributed by atoms with Crippen molar-refractivity contribution in [1.82, 2.24) is 0 Å². The molecule has 0 saturated carbocycles. The van der Waals surface area contributed by atoms with Gasteiger partial charge in [0.1, 0.15) is 18.1 Å². The van der Waals surface area contributed by atoms with E-state index in [0.29, 0.717) is 28.6 Å². The van der Waals surface area contributed by atoms with Gasteiger partial charge in [0.2, 0.25) is 0 Å². The second-order valence-electron chi connectivity index (χ2n) is 6.55. The third kappa shape index (κ3) is 5.51. The van der Waals surface area contributed by atoms with Crippen LogP contribution in [0.2, 0.25) is 5.02 Å². The maximum atomic E-state index is 12.4. The minimum Gasteiger partial charge on any atom is -0.491 e. The summed E-state index contributed by atoms with van der Waals surface area (Å²) in [5, 5.41) is 3.54. The molecule has 4 nitrogen and oxygen atoms in total. The normalized spacial score (nSPS) is 10.6. The average molecular weight is 396 g/mol. The van der Waals surface area contributed by atoms with E-state index in [9.17, 15) is 4.79 Å². The first kappa shape index (κ1) is 19.8. The van der Waals surface area contributed by atoms with Gasteiger partial charge in [0.15, 0.2) is 0 Å². The molecule has 0 unspecified atom stereocenters. The summed E-state index contributed by atoms with van der Waals surface area (Å²) >= 11 is 6.13. The van der Waals surface area contributed by atoms with Gasteiger partial charge in [-0.2, -0.15) is 0 Å². The van der Waals surface area contributed by atoms with E-state index in [2.05, 4.69) is 5.32 Å². The first-order valence-corrected chi connectivity index (χ1v) is 9.43. The van der Waals surface area contributed by atoms with Gasteiger partial charge >= 0.3 is 0 Å². The molecule has 0 heterocycles. The highest BCUT2D eigenvalue weighted by molar-refractivity contribution is 6.31. The van der Waals surface area contributed by atoms with Gasteiger partial charge in [0.05, 0.1) is 6.10 Å². The number of halogens is 1. The second kappa shape index (κ2) is 9.29. The second-order valence-corrected chi connectivity index (χ2v) is 6.96. The fourth-order valence-corrected chi connectivity index (χ4v) is 2.76. The van der Waals surface area contributed by atoms with Gasteiger partial charge in [0.25, 0.3) is 5.91 Å². The average Bonchev–Trinajstić information content (AvgIpc) is 2.69. The smallest absolute Gasteiger partial charge is 0.255 e. The summed E-state index contributed by atoms with van der Waals surface area (Å²) in [6.07, 6.45) is 0.110. The number of rotatable bonds is 7. The summed E-state index contributed by atoms with van der Waals surface area (Å²) in [6, 6.07) is 21.8. The zero-order valence-corrected chi connectivity index (χ0v) is 16.6. The van der Waals surface area contributed by atoms with Gasteiger partial charge in [-0.1, -0.05) is 29.8 Å². The number of ether oxygens (including phenoxy) is 2. The van der Waals surface area contributed by atoms with Crippen LogP contribution in [0.4, 0.5) is 5.69 Å². The van der Waals surface area contributed by atoms with Crippen molar-refractivity contribution in [2.45, 2.75) is 26.6 Å². The number of carbonyl (C=O) groups excluding carboxylic acids is 1. The Bertz CT molecular complexity index is 921. The molecular weight excluding hydrogens is 374 g/mol. The van der Waals surface area contributed by atoms with Gasteiger partial charge in [-0.3, -0.25) is 4.79 Å². The summed E-state index contributed by atoms with van der Waals surface area (Å²) in [4.78, 5) is 12.4. The van der Waals surface area contributed by atoms with Crippen LogP contribution in [0, 0.1) is 0 Å². The Morgan fingerprint density at radius 2 is 1.57 bits per heavy atom. The standard InChI is InChI=1S/C23H22ClNO3/c1-16(2)28-21-13-9-19(10-14-21)25-23(26)17-7-11-20(12-8-17)27-15-18-5-3-4-6-22(18)24/h3-14,16H,15H2,1-2H3,(H,25,26). The van der Waals surface area contributed by atoms with E-state index >= 15 is 0 Å².